The number of nitrogens with zero attached hydrogens (tertiary/aromatic N) is 2. The summed E-state index contributed by atoms with van der Waals surface area (Å²) in [5.74, 6) is 1.79. The molecule has 3 saturated carbocycles. The molecule has 2 aliphatic heterocycles. The summed E-state index contributed by atoms with van der Waals surface area (Å²) in [4.78, 5) is 29.0. The third kappa shape index (κ3) is 7.82. The van der Waals surface area contributed by atoms with E-state index in [0.29, 0.717) is 42.8 Å². The van der Waals surface area contributed by atoms with Crippen molar-refractivity contribution in [3.63, 3.8) is 0 Å². The van der Waals surface area contributed by atoms with Gasteiger partial charge in [0.2, 0.25) is 0 Å². The first-order chi connectivity index (χ1) is 29.5. The van der Waals surface area contributed by atoms with Gasteiger partial charge in [-0.15, -0.1) is 0 Å². The Labute approximate surface area is 381 Å². The molecule has 8 nitrogen and oxygen atoms in total. The van der Waals surface area contributed by atoms with Crippen LogP contribution in [-0.2, 0) is 19.4 Å². The van der Waals surface area contributed by atoms with Crippen molar-refractivity contribution in [2.75, 3.05) is 65.3 Å². The Balaban J connectivity index is 1.02. The highest BCUT2D eigenvalue weighted by molar-refractivity contribution is 7.91. The van der Waals surface area contributed by atoms with E-state index in [-0.39, 0.29) is 44.8 Å². The molecule has 2 N–H and O–H groups in total. The van der Waals surface area contributed by atoms with Crippen LogP contribution in [0.2, 0.25) is 0 Å². The molecule has 8 atom stereocenters. The molecule has 0 spiro atoms. The summed E-state index contributed by atoms with van der Waals surface area (Å²) < 4.78 is 39.7. The number of carbonyl (C=O) groups is 2. The first-order valence-corrected chi connectivity index (χ1v) is 27.4. The van der Waals surface area contributed by atoms with E-state index in [0.717, 1.165) is 93.8 Å². The van der Waals surface area contributed by atoms with Crippen molar-refractivity contribution in [3.05, 3.63) is 34.4 Å². The van der Waals surface area contributed by atoms with Crippen LogP contribution in [0.3, 0.4) is 0 Å². The quantitative estimate of drug-likeness (QED) is 0.188. The minimum Gasteiger partial charge on any atom is -0.481 e. The Bertz CT molecular complexity index is 2010. The Hall–Kier alpha value is -1.88. The molecule has 0 aromatic carbocycles. The maximum absolute atomic E-state index is 14.4. The molecule has 0 aromatic heterocycles. The van der Waals surface area contributed by atoms with Crippen molar-refractivity contribution >= 4 is 21.6 Å². The lowest BCUT2D eigenvalue weighted by molar-refractivity contribution is -0.932. The smallest absolute Gasteiger partial charge is 0.312 e. The number of ketones is 1. The van der Waals surface area contributed by atoms with Gasteiger partial charge in [-0.25, -0.2) is 12.8 Å². The molecule has 0 amide bonds. The van der Waals surface area contributed by atoms with Crippen molar-refractivity contribution in [1.29, 1.82) is 0 Å². The average Bonchev–Trinajstić information content (AvgIpc) is 3.53. The molecule has 0 aromatic rings. The van der Waals surface area contributed by atoms with E-state index in [1.165, 1.54) is 68.2 Å². The van der Waals surface area contributed by atoms with Crippen molar-refractivity contribution in [3.8, 4) is 0 Å². The van der Waals surface area contributed by atoms with Gasteiger partial charge < -0.3 is 14.9 Å². The second-order valence-corrected chi connectivity index (χ2v) is 27.0. The number of halogens is 1. The standard InChI is InChI=1S/C53H84FN3O5S/c1-36(2)45-42(58)34-53(55-26-32-57(30-18-37(3)19-31-57)33-29-56-27-16-39(17-28-56)63(9,61)62)25-24-50(7)41(46(45)53)10-11-44-49(6)20-14-40(48(4,5)43(49)15-21-51(44,50)8)38-12-22-52(35-54,23-13-38)47(59)60/h12,14,36-37,39,41,43-44,55H,10-11,13,15-35H2,1-9H3/p+1/t37?,41-,43+,44-,49+,50-,51-,52+,53-,57?/m1/s1. The number of quaternary nitrogens is 1. The number of carboxylic acid groups (broad SMARTS) is 1. The lowest BCUT2D eigenvalue weighted by Crippen LogP contribution is -2.66. The highest BCUT2D eigenvalue weighted by atomic mass is 32.2. The molecule has 10 heteroatoms. The zero-order chi connectivity index (χ0) is 45.6. The Kier molecular flexibility index (Phi) is 12.6. The normalized spacial score (nSPS) is 42.2. The number of hydrogen-bond donors (Lipinski definition) is 2. The van der Waals surface area contributed by atoms with Crippen LogP contribution >= 0.6 is 0 Å². The summed E-state index contributed by atoms with van der Waals surface area (Å²) >= 11 is 0. The molecule has 0 bridgehead atoms. The highest BCUT2D eigenvalue weighted by Gasteiger charge is 2.69. The van der Waals surface area contributed by atoms with Crippen LogP contribution in [0.15, 0.2) is 34.4 Å². The first-order valence-electron chi connectivity index (χ1n) is 25.5. The second-order valence-electron chi connectivity index (χ2n) is 24.7. The number of aliphatic carboxylic acids is 1. The third-order valence-corrected chi connectivity index (χ3v) is 22.6. The molecule has 0 unspecified atom stereocenters. The summed E-state index contributed by atoms with van der Waals surface area (Å²) in [5.41, 5.74) is 4.03. The van der Waals surface area contributed by atoms with Gasteiger partial charge in [-0.1, -0.05) is 67.5 Å². The maximum atomic E-state index is 14.4. The molecule has 0 radical (unpaired) electrons. The lowest BCUT2D eigenvalue weighted by atomic mass is 9.33. The molecule has 8 aliphatic rings. The van der Waals surface area contributed by atoms with E-state index in [2.05, 4.69) is 77.8 Å². The maximum Gasteiger partial charge on any atom is 0.312 e. The van der Waals surface area contributed by atoms with Gasteiger partial charge in [0.1, 0.15) is 16.5 Å². The zero-order valence-corrected chi connectivity index (χ0v) is 41.7. The predicted octanol–water partition coefficient (Wildman–Crippen LogP) is 9.75. The lowest BCUT2D eigenvalue weighted by Gasteiger charge is -2.71. The number of rotatable bonds is 12. The summed E-state index contributed by atoms with van der Waals surface area (Å²) in [6.07, 6.45) is 19.7. The molecule has 5 fully saturated rings. The second kappa shape index (κ2) is 16.7. The molecule has 354 valence electrons. The van der Waals surface area contributed by atoms with Crippen LogP contribution in [0.4, 0.5) is 4.39 Å². The van der Waals surface area contributed by atoms with E-state index < -0.39 is 27.9 Å². The fourth-order valence-electron chi connectivity index (χ4n) is 16.7. The van der Waals surface area contributed by atoms with Gasteiger partial charge in [-0.05, 0) is 177 Å². The molecule has 63 heavy (non-hydrogen) atoms. The number of Topliss-reactive ketones (excluding diaryl/α,β-unsaturated/α-hetero) is 1. The van der Waals surface area contributed by atoms with E-state index in [9.17, 15) is 27.5 Å². The van der Waals surface area contributed by atoms with E-state index >= 15 is 0 Å². The number of hydrogen-bond acceptors (Lipinski definition) is 6. The number of carboxylic acids is 1. The minimum atomic E-state index is -2.98. The SMILES string of the molecule is CC1CC[N+](CCN[C@@]23CC[C@]4(C)[C@H](CC[C@@H]5[C@@]6(C)CC=C(C7=CC[C@](CF)(C(=O)O)CC7)C(C)(C)[C@@H]6CC[C@]54C)C2=C(C(C)C)C(=O)C3)(CCN2CCC(S(C)(=O)=O)CC2)CC1. The fourth-order valence-corrected chi connectivity index (χ4v) is 17.8. The molecule has 2 heterocycles. The topological polar surface area (TPSA) is 104 Å². The number of alkyl halides is 1. The molecule has 2 saturated heterocycles. The van der Waals surface area contributed by atoms with Crippen LogP contribution in [0.25, 0.3) is 0 Å². The molecular formula is C53H85FN3O5S+. The Morgan fingerprint density at radius 1 is 0.905 bits per heavy atom. The van der Waals surface area contributed by atoms with Gasteiger partial charge in [0.25, 0.3) is 0 Å². The van der Waals surface area contributed by atoms with Gasteiger partial charge in [0, 0.05) is 31.3 Å². The average molecular weight is 895 g/mol. The molecule has 6 aliphatic carbocycles. The Morgan fingerprint density at radius 3 is 2.21 bits per heavy atom. The van der Waals surface area contributed by atoms with E-state index in [1.54, 1.807) is 0 Å². The van der Waals surface area contributed by atoms with Gasteiger partial charge in [-0.3, -0.25) is 14.5 Å². The van der Waals surface area contributed by atoms with E-state index in [4.69, 9.17) is 0 Å². The molecular weight excluding hydrogens is 810 g/mol. The van der Waals surface area contributed by atoms with Crippen molar-refractivity contribution in [1.82, 2.24) is 10.2 Å². The number of nitrogens with one attached hydrogen (secondary N) is 1. The summed E-state index contributed by atoms with van der Waals surface area (Å²) in [6.45, 7) is 27.2. The van der Waals surface area contributed by atoms with Crippen molar-refractivity contribution in [2.45, 2.75) is 162 Å². The minimum absolute atomic E-state index is 0.0605. The molecule has 8 rings (SSSR count). The monoisotopic (exact) mass is 895 g/mol. The summed E-state index contributed by atoms with van der Waals surface area (Å²) in [5, 5.41) is 14.0. The van der Waals surface area contributed by atoms with E-state index in [1.807, 2.05) is 0 Å². The van der Waals surface area contributed by atoms with Crippen LogP contribution < -0.4 is 5.32 Å². The van der Waals surface area contributed by atoms with Crippen molar-refractivity contribution in [2.24, 2.45) is 56.7 Å². The number of likely N-dealkylation sites (tertiary alicyclic amines) is 2. The van der Waals surface area contributed by atoms with Gasteiger partial charge >= 0.3 is 5.97 Å². The number of carbonyl (C=O) groups excluding carboxylic acids is 1. The van der Waals surface area contributed by atoms with Gasteiger partial charge in [0.15, 0.2) is 5.78 Å². The van der Waals surface area contributed by atoms with Gasteiger partial charge in [0.05, 0.1) is 36.8 Å². The van der Waals surface area contributed by atoms with Crippen LogP contribution in [0.1, 0.15) is 152 Å². The zero-order valence-electron chi connectivity index (χ0n) is 40.9. The highest BCUT2D eigenvalue weighted by Crippen LogP contribution is 2.76. The first kappa shape index (κ1) is 47.6. The third-order valence-electron chi connectivity index (χ3n) is 20.9. The number of allylic oxidation sites excluding steroid dienone is 5. The Morgan fingerprint density at radius 2 is 1.60 bits per heavy atom. The predicted molar refractivity (Wildman–Crippen MR) is 252 cm³/mol. The van der Waals surface area contributed by atoms with Crippen LogP contribution in [-0.4, -0.2) is 111 Å². The summed E-state index contributed by atoms with van der Waals surface area (Å²) in [6, 6.07) is 0. The number of piperidine rings is 2. The number of fused-ring (bicyclic) bond motifs is 7. The largest absolute Gasteiger partial charge is 0.481 e. The van der Waals surface area contributed by atoms with Crippen LogP contribution in [0, 0.1) is 56.7 Å². The summed E-state index contributed by atoms with van der Waals surface area (Å²) in [7, 11) is -2.98. The van der Waals surface area contributed by atoms with Crippen LogP contribution in [0.5, 0.6) is 0 Å². The fraction of sp³-hybridized carbons (Fsp3) is 0.849. The van der Waals surface area contributed by atoms with Crippen molar-refractivity contribution < 1.29 is 32.0 Å². The van der Waals surface area contributed by atoms with Gasteiger partial charge in [-0.2, -0.15) is 0 Å². The number of sulfone groups is 1.